The predicted molar refractivity (Wildman–Crippen MR) is 112 cm³/mol. The van der Waals surface area contributed by atoms with E-state index in [4.69, 9.17) is 21.1 Å². The van der Waals surface area contributed by atoms with Gasteiger partial charge in [0.15, 0.2) is 5.13 Å². The fourth-order valence-corrected chi connectivity index (χ4v) is 5.26. The Hall–Kier alpha value is -1.95. The number of ether oxygens (including phenoxy) is 2. The van der Waals surface area contributed by atoms with Crippen LogP contribution in [0.2, 0.25) is 5.15 Å². The van der Waals surface area contributed by atoms with Crippen LogP contribution in [0.25, 0.3) is 0 Å². The van der Waals surface area contributed by atoms with Crippen molar-refractivity contribution in [3.05, 3.63) is 57.0 Å². The Morgan fingerprint density at radius 3 is 2.55 bits per heavy atom. The lowest BCUT2D eigenvalue weighted by molar-refractivity contribution is 0.391. The van der Waals surface area contributed by atoms with E-state index in [9.17, 15) is 12.8 Å². The monoisotopic (exact) mass is 521 g/mol. The highest BCUT2D eigenvalue weighted by Crippen LogP contribution is 2.33. The molecule has 0 fully saturated rings. The van der Waals surface area contributed by atoms with E-state index in [0.29, 0.717) is 32.9 Å². The number of thiazole rings is 1. The van der Waals surface area contributed by atoms with Gasteiger partial charge in [-0.1, -0.05) is 22.9 Å². The van der Waals surface area contributed by atoms with Crippen LogP contribution in [0.5, 0.6) is 11.5 Å². The Morgan fingerprint density at radius 2 is 1.97 bits per heavy atom. The van der Waals surface area contributed by atoms with Crippen LogP contribution in [0.3, 0.4) is 0 Å². The lowest BCUT2D eigenvalue weighted by atomic mass is 10.2. The zero-order valence-electron chi connectivity index (χ0n) is 15.1. The number of benzene rings is 1. The van der Waals surface area contributed by atoms with Crippen LogP contribution in [-0.4, -0.2) is 32.6 Å². The number of pyridine rings is 1. The van der Waals surface area contributed by atoms with Crippen LogP contribution < -0.4 is 13.8 Å². The smallest absolute Gasteiger partial charge is 0.267 e. The van der Waals surface area contributed by atoms with Gasteiger partial charge in [0.25, 0.3) is 10.0 Å². The standard InChI is InChI=1S/C17H14BrClFN3O4S2/c1-26-11-4-3-10(14(5-11)27-2)9-23(17-22-8-15(20)28-17)29(24,25)12-6-13(18)16(19)21-7-12/h3-8H,9H2,1-2H3. The summed E-state index contributed by atoms with van der Waals surface area (Å²) in [6.45, 7) is -0.150. The average molecular weight is 523 g/mol. The highest BCUT2D eigenvalue weighted by atomic mass is 79.9. The van der Waals surface area contributed by atoms with Gasteiger partial charge in [-0.05, 0) is 34.1 Å². The molecule has 12 heteroatoms. The number of sulfonamides is 1. The topological polar surface area (TPSA) is 81.6 Å². The zero-order chi connectivity index (χ0) is 21.2. The normalized spacial score (nSPS) is 11.3. The fourth-order valence-electron chi connectivity index (χ4n) is 2.43. The summed E-state index contributed by atoms with van der Waals surface area (Å²) >= 11 is 9.65. The summed E-state index contributed by atoms with van der Waals surface area (Å²) in [5, 5.41) is -0.531. The molecule has 29 heavy (non-hydrogen) atoms. The van der Waals surface area contributed by atoms with Crippen LogP contribution >= 0.6 is 38.9 Å². The molecule has 3 aromatic rings. The molecule has 0 N–H and O–H groups in total. The first-order valence-corrected chi connectivity index (χ1v) is 11.3. The quantitative estimate of drug-likeness (QED) is 0.425. The van der Waals surface area contributed by atoms with Crippen molar-refractivity contribution in [3.63, 3.8) is 0 Å². The molecule has 2 aromatic heterocycles. The Bertz CT molecular complexity index is 1140. The van der Waals surface area contributed by atoms with Crippen LogP contribution in [0, 0.1) is 5.13 Å². The Labute approximate surface area is 184 Å². The van der Waals surface area contributed by atoms with E-state index >= 15 is 0 Å². The van der Waals surface area contributed by atoms with E-state index in [2.05, 4.69) is 25.9 Å². The third kappa shape index (κ3) is 4.63. The van der Waals surface area contributed by atoms with Gasteiger partial charge in [0.05, 0.1) is 31.4 Å². The molecule has 3 rings (SSSR count). The number of rotatable bonds is 7. The van der Waals surface area contributed by atoms with E-state index in [1.54, 1.807) is 18.2 Å². The van der Waals surface area contributed by atoms with E-state index in [1.807, 2.05) is 0 Å². The molecular formula is C17H14BrClFN3O4S2. The minimum absolute atomic E-state index is 0.0357. The van der Waals surface area contributed by atoms with Crippen molar-refractivity contribution in [1.82, 2.24) is 9.97 Å². The molecule has 0 atom stereocenters. The van der Waals surface area contributed by atoms with Gasteiger partial charge >= 0.3 is 0 Å². The van der Waals surface area contributed by atoms with Gasteiger partial charge in [-0.25, -0.2) is 22.7 Å². The van der Waals surface area contributed by atoms with Crippen molar-refractivity contribution in [2.45, 2.75) is 11.4 Å². The third-order valence-electron chi connectivity index (χ3n) is 3.85. The third-order valence-corrected chi connectivity index (χ3v) is 7.61. The number of anilines is 1. The molecule has 2 heterocycles. The second-order valence-corrected chi connectivity index (χ2v) is 9.61. The number of aromatic nitrogens is 2. The van der Waals surface area contributed by atoms with E-state index in [-0.39, 0.29) is 21.7 Å². The van der Waals surface area contributed by atoms with Gasteiger partial charge in [-0.15, -0.1) is 0 Å². The zero-order valence-corrected chi connectivity index (χ0v) is 19.1. The fraction of sp³-hybridized carbons (Fsp3) is 0.176. The first-order chi connectivity index (χ1) is 13.8. The maximum absolute atomic E-state index is 13.6. The van der Waals surface area contributed by atoms with Gasteiger partial charge in [0.2, 0.25) is 5.13 Å². The Balaban J connectivity index is 2.10. The van der Waals surface area contributed by atoms with Crippen molar-refractivity contribution in [2.75, 3.05) is 18.5 Å². The predicted octanol–water partition coefficient (Wildman–Crippen LogP) is 4.51. The minimum Gasteiger partial charge on any atom is -0.497 e. The Kier molecular flexibility index (Phi) is 6.62. The molecule has 0 aliphatic carbocycles. The molecule has 7 nitrogen and oxygen atoms in total. The number of hydrogen-bond acceptors (Lipinski definition) is 7. The minimum atomic E-state index is -4.14. The SMILES string of the molecule is COc1ccc(CN(c2ncc(F)s2)S(=O)(=O)c2cnc(Cl)c(Br)c2)c(OC)c1. The van der Waals surface area contributed by atoms with Crippen molar-refractivity contribution in [2.24, 2.45) is 0 Å². The van der Waals surface area contributed by atoms with Gasteiger partial charge in [-0.3, -0.25) is 0 Å². The summed E-state index contributed by atoms with van der Waals surface area (Å²) in [6, 6.07) is 6.29. The molecule has 0 radical (unpaired) electrons. The van der Waals surface area contributed by atoms with E-state index in [1.165, 1.54) is 20.3 Å². The second-order valence-electron chi connectivity index (χ2n) is 5.58. The van der Waals surface area contributed by atoms with Crippen LogP contribution in [0.15, 0.2) is 46.0 Å². The molecule has 0 unspecified atom stereocenters. The molecular weight excluding hydrogens is 509 g/mol. The largest absolute Gasteiger partial charge is 0.497 e. The first-order valence-electron chi connectivity index (χ1n) is 7.92. The summed E-state index contributed by atoms with van der Waals surface area (Å²) in [6.07, 6.45) is 2.09. The number of halogens is 3. The van der Waals surface area contributed by atoms with Gasteiger partial charge in [-0.2, -0.15) is 4.39 Å². The second kappa shape index (κ2) is 8.82. The van der Waals surface area contributed by atoms with E-state index in [0.717, 1.165) is 16.7 Å². The maximum atomic E-state index is 13.6. The van der Waals surface area contributed by atoms with Crippen LogP contribution in [0.4, 0.5) is 9.52 Å². The molecule has 0 aliphatic heterocycles. The van der Waals surface area contributed by atoms with Crippen LogP contribution in [0.1, 0.15) is 5.56 Å². The maximum Gasteiger partial charge on any atom is 0.267 e. The molecule has 1 aromatic carbocycles. The summed E-state index contributed by atoms with van der Waals surface area (Å²) in [5.74, 6) is 0.961. The number of methoxy groups -OCH3 is 2. The summed E-state index contributed by atoms with van der Waals surface area (Å²) in [4.78, 5) is 7.64. The molecule has 0 aliphatic rings. The lowest BCUT2D eigenvalue weighted by Gasteiger charge is -2.23. The lowest BCUT2D eigenvalue weighted by Crippen LogP contribution is -2.30. The van der Waals surface area contributed by atoms with Gasteiger partial charge in [0, 0.05) is 17.8 Å². The average Bonchev–Trinajstić information content (AvgIpc) is 3.13. The number of nitrogens with zero attached hydrogens (tertiary/aromatic N) is 3. The van der Waals surface area contributed by atoms with Crippen molar-refractivity contribution in [1.29, 1.82) is 0 Å². The Morgan fingerprint density at radius 1 is 1.21 bits per heavy atom. The van der Waals surface area contributed by atoms with E-state index < -0.39 is 15.2 Å². The van der Waals surface area contributed by atoms with Crippen LogP contribution in [-0.2, 0) is 16.6 Å². The molecule has 0 saturated carbocycles. The molecule has 0 amide bonds. The number of hydrogen-bond donors (Lipinski definition) is 0. The van der Waals surface area contributed by atoms with Gasteiger partial charge < -0.3 is 9.47 Å². The summed E-state index contributed by atoms with van der Waals surface area (Å²) < 4.78 is 52.1. The summed E-state index contributed by atoms with van der Waals surface area (Å²) in [7, 11) is -1.17. The van der Waals surface area contributed by atoms with Crippen molar-refractivity contribution < 1.29 is 22.3 Å². The van der Waals surface area contributed by atoms with Crippen molar-refractivity contribution in [3.8, 4) is 11.5 Å². The summed E-state index contributed by atoms with van der Waals surface area (Å²) in [5.41, 5.74) is 0.536. The molecule has 154 valence electrons. The first kappa shape index (κ1) is 21.8. The highest BCUT2D eigenvalue weighted by Gasteiger charge is 2.29. The highest BCUT2D eigenvalue weighted by molar-refractivity contribution is 9.10. The molecule has 0 bridgehead atoms. The van der Waals surface area contributed by atoms with Gasteiger partial charge in [0.1, 0.15) is 21.5 Å². The molecule has 0 saturated heterocycles. The molecule has 0 spiro atoms. The van der Waals surface area contributed by atoms with Crippen molar-refractivity contribution >= 4 is 54.0 Å².